The molecule has 0 aliphatic carbocycles. The number of nitrogens with one attached hydrogen (secondary N) is 1. The fraction of sp³-hybridized carbons (Fsp3) is 0.333. The molecule has 3 heteroatoms. The van der Waals surface area contributed by atoms with Crippen molar-refractivity contribution in [3.8, 4) is 5.75 Å². The fourth-order valence-corrected chi connectivity index (χ4v) is 2.83. The van der Waals surface area contributed by atoms with Crippen molar-refractivity contribution in [2.24, 2.45) is 0 Å². The van der Waals surface area contributed by atoms with Gasteiger partial charge in [0, 0.05) is 4.47 Å². The first-order valence-corrected chi connectivity index (χ1v) is 8.00. The van der Waals surface area contributed by atoms with Gasteiger partial charge in [0.05, 0.1) is 13.2 Å². The molecule has 2 nitrogen and oxygen atoms in total. The second-order valence-corrected chi connectivity index (χ2v) is 6.03. The Hall–Kier alpha value is -1.32. The molecular formula is C18H22BrNO. The van der Waals surface area contributed by atoms with E-state index in [1.54, 1.807) is 7.11 Å². The second kappa shape index (κ2) is 7.10. The van der Waals surface area contributed by atoms with E-state index >= 15 is 0 Å². The lowest BCUT2D eigenvalue weighted by molar-refractivity contribution is 0.413. The van der Waals surface area contributed by atoms with Gasteiger partial charge in [-0.1, -0.05) is 47.1 Å². The highest BCUT2D eigenvalue weighted by Gasteiger charge is 2.15. The Morgan fingerprint density at radius 3 is 2.33 bits per heavy atom. The summed E-state index contributed by atoms with van der Waals surface area (Å²) in [5.74, 6) is 0.890. The molecule has 112 valence electrons. The van der Waals surface area contributed by atoms with Crippen LogP contribution in [-0.4, -0.2) is 13.7 Å². The van der Waals surface area contributed by atoms with Crippen molar-refractivity contribution in [2.45, 2.75) is 26.8 Å². The van der Waals surface area contributed by atoms with E-state index < -0.39 is 0 Å². The maximum atomic E-state index is 5.35. The third-order valence-corrected chi connectivity index (χ3v) is 4.88. The van der Waals surface area contributed by atoms with Crippen LogP contribution in [0, 0.1) is 13.8 Å². The van der Waals surface area contributed by atoms with Gasteiger partial charge in [-0.15, -0.1) is 0 Å². The van der Waals surface area contributed by atoms with Crippen LogP contribution in [0.3, 0.4) is 0 Å². The van der Waals surface area contributed by atoms with Gasteiger partial charge in [-0.05, 0) is 54.8 Å². The molecule has 2 aromatic rings. The van der Waals surface area contributed by atoms with Crippen molar-refractivity contribution in [3.63, 3.8) is 0 Å². The Bertz CT molecular complexity index is 601. The van der Waals surface area contributed by atoms with Gasteiger partial charge in [0.15, 0.2) is 0 Å². The molecule has 1 N–H and O–H groups in total. The number of benzene rings is 2. The molecule has 1 unspecified atom stereocenters. The van der Waals surface area contributed by atoms with Gasteiger partial charge < -0.3 is 10.1 Å². The Kier molecular flexibility index (Phi) is 5.43. The molecule has 0 radical (unpaired) electrons. The maximum absolute atomic E-state index is 5.35. The SMILES string of the molecule is CCNC(c1cccc(OC)c1)c1cc(C)c(Br)c(C)c1. The van der Waals surface area contributed by atoms with Crippen LogP contribution in [0.4, 0.5) is 0 Å². The van der Waals surface area contributed by atoms with Gasteiger partial charge >= 0.3 is 0 Å². The highest BCUT2D eigenvalue weighted by molar-refractivity contribution is 9.10. The van der Waals surface area contributed by atoms with Crippen LogP contribution in [0.25, 0.3) is 0 Å². The summed E-state index contributed by atoms with van der Waals surface area (Å²) in [6, 6.07) is 12.9. The molecule has 0 aliphatic rings. The van der Waals surface area contributed by atoms with E-state index in [0.717, 1.165) is 12.3 Å². The summed E-state index contributed by atoms with van der Waals surface area (Å²) in [4.78, 5) is 0. The quantitative estimate of drug-likeness (QED) is 0.840. The molecular weight excluding hydrogens is 326 g/mol. The number of ether oxygens (including phenoxy) is 1. The fourth-order valence-electron chi connectivity index (χ4n) is 2.60. The van der Waals surface area contributed by atoms with Gasteiger partial charge in [0.25, 0.3) is 0 Å². The van der Waals surface area contributed by atoms with Crippen molar-refractivity contribution < 1.29 is 4.74 Å². The predicted octanol–water partition coefficient (Wildman–Crippen LogP) is 4.77. The Labute approximate surface area is 135 Å². The standard InChI is InChI=1S/C18H22BrNO/c1-5-20-18(14-7-6-8-16(11-14)21-4)15-9-12(2)17(19)13(3)10-15/h6-11,18,20H,5H2,1-4H3. The number of methoxy groups -OCH3 is 1. The highest BCUT2D eigenvalue weighted by Crippen LogP contribution is 2.30. The third-order valence-electron chi connectivity index (χ3n) is 3.63. The van der Waals surface area contributed by atoms with E-state index in [0.29, 0.717) is 0 Å². The van der Waals surface area contributed by atoms with Gasteiger partial charge in [0.2, 0.25) is 0 Å². The van der Waals surface area contributed by atoms with Crippen LogP contribution in [0.1, 0.15) is 35.2 Å². The summed E-state index contributed by atoms with van der Waals surface area (Å²) in [6.07, 6.45) is 0. The molecule has 0 saturated carbocycles. The lowest BCUT2D eigenvalue weighted by atomic mass is 9.95. The molecule has 0 heterocycles. The molecule has 0 bridgehead atoms. The first kappa shape index (κ1) is 16.1. The first-order chi connectivity index (χ1) is 10.1. The maximum Gasteiger partial charge on any atom is 0.119 e. The zero-order valence-corrected chi connectivity index (χ0v) is 14.6. The lowest BCUT2D eigenvalue weighted by Crippen LogP contribution is -2.22. The normalized spacial score (nSPS) is 12.2. The Balaban J connectivity index is 2.47. The molecule has 0 spiro atoms. The van der Waals surface area contributed by atoms with Crippen LogP contribution in [-0.2, 0) is 0 Å². The number of aryl methyl sites for hydroxylation is 2. The molecule has 0 amide bonds. The molecule has 0 saturated heterocycles. The number of halogens is 1. The average molecular weight is 348 g/mol. The minimum atomic E-state index is 0.176. The molecule has 1 atom stereocenters. The zero-order valence-electron chi connectivity index (χ0n) is 13.0. The van der Waals surface area contributed by atoms with E-state index in [1.807, 2.05) is 12.1 Å². The lowest BCUT2D eigenvalue weighted by Gasteiger charge is -2.21. The van der Waals surface area contributed by atoms with Crippen molar-refractivity contribution in [1.82, 2.24) is 5.32 Å². The van der Waals surface area contributed by atoms with Crippen molar-refractivity contribution >= 4 is 15.9 Å². The summed E-state index contributed by atoms with van der Waals surface area (Å²) in [5.41, 5.74) is 5.02. The van der Waals surface area contributed by atoms with Gasteiger partial charge in [-0.2, -0.15) is 0 Å². The van der Waals surface area contributed by atoms with Crippen molar-refractivity contribution in [3.05, 3.63) is 63.1 Å². The van der Waals surface area contributed by atoms with E-state index in [4.69, 9.17) is 4.74 Å². The summed E-state index contributed by atoms with van der Waals surface area (Å²) < 4.78 is 6.54. The summed E-state index contributed by atoms with van der Waals surface area (Å²) in [7, 11) is 1.70. The Morgan fingerprint density at radius 2 is 1.76 bits per heavy atom. The summed E-state index contributed by atoms with van der Waals surface area (Å²) in [5, 5.41) is 3.57. The van der Waals surface area contributed by atoms with Gasteiger partial charge in [0.1, 0.15) is 5.75 Å². The van der Waals surface area contributed by atoms with Crippen molar-refractivity contribution in [2.75, 3.05) is 13.7 Å². The zero-order chi connectivity index (χ0) is 15.4. The Morgan fingerprint density at radius 1 is 1.10 bits per heavy atom. The summed E-state index contributed by atoms with van der Waals surface area (Å²) in [6.45, 7) is 7.31. The van der Waals surface area contributed by atoms with E-state index in [9.17, 15) is 0 Å². The molecule has 21 heavy (non-hydrogen) atoms. The molecule has 0 aromatic heterocycles. The van der Waals surface area contributed by atoms with Crippen LogP contribution >= 0.6 is 15.9 Å². The smallest absolute Gasteiger partial charge is 0.119 e. The third kappa shape index (κ3) is 3.66. The van der Waals surface area contributed by atoms with Crippen LogP contribution < -0.4 is 10.1 Å². The largest absolute Gasteiger partial charge is 0.497 e. The number of rotatable bonds is 5. The van der Waals surface area contributed by atoms with E-state index in [2.05, 4.69) is 66.3 Å². The van der Waals surface area contributed by atoms with E-state index in [-0.39, 0.29) is 6.04 Å². The minimum Gasteiger partial charge on any atom is -0.497 e. The predicted molar refractivity (Wildman–Crippen MR) is 92.1 cm³/mol. The van der Waals surface area contributed by atoms with Crippen LogP contribution in [0.2, 0.25) is 0 Å². The highest BCUT2D eigenvalue weighted by atomic mass is 79.9. The van der Waals surface area contributed by atoms with Crippen molar-refractivity contribution in [1.29, 1.82) is 0 Å². The molecule has 0 aliphatic heterocycles. The topological polar surface area (TPSA) is 21.3 Å². The average Bonchev–Trinajstić information content (AvgIpc) is 2.49. The minimum absolute atomic E-state index is 0.176. The second-order valence-electron chi connectivity index (χ2n) is 5.24. The number of hydrogen-bond acceptors (Lipinski definition) is 2. The van der Waals surface area contributed by atoms with Crippen LogP contribution in [0.15, 0.2) is 40.9 Å². The monoisotopic (exact) mass is 347 g/mol. The van der Waals surface area contributed by atoms with Crippen LogP contribution in [0.5, 0.6) is 5.75 Å². The molecule has 2 aromatic carbocycles. The molecule has 0 fully saturated rings. The number of hydrogen-bond donors (Lipinski definition) is 1. The molecule has 2 rings (SSSR count). The van der Waals surface area contributed by atoms with E-state index in [1.165, 1.54) is 26.7 Å². The van der Waals surface area contributed by atoms with Gasteiger partial charge in [-0.3, -0.25) is 0 Å². The summed E-state index contributed by atoms with van der Waals surface area (Å²) >= 11 is 3.64. The first-order valence-electron chi connectivity index (χ1n) is 7.20. The van der Waals surface area contributed by atoms with Gasteiger partial charge in [-0.25, -0.2) is 0 Å².